The van der Waals surface area contributed by atoms with Crippen LogP contribution in [0.15, 0.2) is 29.8 Å². The fourth-order valence-corrected chi connectivity index (χ4v) is 2.54. The van der Waals surface area contributed by atoms with Gasteiger partial charge < -0.3 is 5.32 Å². The number of aryl methyl sites for hydroxylation is 2. The Morgan fingerprint density at radius 1 is 1.26 bits per heavy atom. The molecule has 0 aliphatic heterocycles. The molecule has 1 aliphatic rings. The molecule has 0 fully saturated rings. The van der Waals surface area contributed by atoms with Gasteiger partial charge in [0.1, 0.15) is 0 Å². The molecule has 0 saturated heterocycles. The Kier molecular flexibility index (Phi) is 4.78. The topological polar surface area (TPSA) is 29.1 Å². The van der Waals surface area contributed by atoms with Crippen LogP contribution < -0.4 is 5.32 Å². The number of hydrogen-bond donors (Lipinski definition) is 1. The first-order valence-corrected chi connectivity index (χ1v) is 7.20. The smallest absolute Gasteiger partial charge is 0.251 e. The van der Waals surface area contributed by atoms with Crippen LogP contribution >= 0.6 is 0 Å². The molecule has 0 saturated carbocycles. The Balaban J connectivity index is 1.87. The molecule has 2 heteroatoms. The van der Waals surface area contributed by atoms with Crippen LogP contribution in [-0.2, 0) is 0 Å². The quantitative estimate of drug-likeness (QED) is 0.814. The van der Waals surface area contributed by atoms with Gasteiger partial charge in [0.05, 0.1) is 0 Å². The van der Waals surface area contributed by atoms with Crippen molar-refractivity contribution in [2.75, 3.05) is 6.54 Å². The van der Waals surface area contributed by atoms with E-state index in [-0.39, 0.29) is 5.91 Å². The summed E-state index contributed by atoms with van der Waals surface area (Å²) in [7, 11) is 0. The van der Waals surface area contributed by atoms with E-state index in [1.807, 2.05) is 32.0 Å². The molecule has 19 heavy (non-hydrogen) atoms. The molecular weight excluding hydrogens is 234 g/mol. The van der Waals surface area contributed by atoms with Crippen LogP contribution in [0.4, 0.5) is 0 Å². The van der Waals surface area contributed by atoms with Crippen molar-refractivity contribution in [3.05, 3.63) is 46.5 Å². The fourth-order valence-electron chi connectivity index (χ4n) is 2.54. The van der Waals surface area contributed by atoms with Crippen molar-refractivity contribution in [3.8, 4) is 0 Å². The molecule has 1 N–H and O–H groups in total. The third kappa shape index (κ3) is 3.95. The number of allylic oxidation sites excluding steroid dienone is 1. The van der Waals surface area contributed by atoms with Crippen LogP contribution in [0.1, 0.15) is 53.6 Å². The molecule has 0 atom stereocenters. The van der Waals surface area contributed by atoms with E-state index < -0.39 is 0 Å². The molecule has 1 aliphatic carbocycles. The zero-order chi connectivity index (χ0) is 13.7. The maximum atomic E-state index is 12.1. The average molecular weight is 257 g/mol. The molecule has 0 radical (unpaired) electrons. The van der Waals surface area contributed by atoms with Crippen molar-refractivity contribution in [2.45, 2.75) is 46.0 Å². The largest absolute Gasteiger partial charge is 0.352 e. The lowest BCUT2D eigenvalue weighted by molar-refractivity contribution is 0.0953. The Bertz CT molecular complexity index is 488. The van der Waals surface area contributed by atoms with Gasteiger partial charge in [-0.25, -0.2) is 0 Å². The Hall–Kier alpha value is -1.57. The van der Waals surface area contributed by atoms with Gasteiger partial charge in [-0.3, -0.25) is 4.79 Å². The first kappa shape index (κ1) is 13.9. The van der Waals surface area contributed by atoms with Gasteiger partial charge in [-0.05, 0) is 57.6 Å². The Morgan fingerprint density at radius 3 is 2.84 bits per heavy atom. The highest BCUT2D eigenvalue weighted by molar-refractivity contribution is 5.95. The molecule has 0 heterocycles. The summed E-state index contributed by atoms with van der Waals surface area (Å²) in [6.07, 6.45) is 8.37. The van der Waals surface area contributed by atoms with E-state index in [1.54, 1.807) is 0 Å². The van der Waals surface area contributed by atoms with Gasteiger partial charge in [0.25, 0.3) is 5.91 Å². The van der Waals surface area contributed by atoms with Crippen LogP contribution in [0.5, 0.6) is 0 Å². The number of benzene rings is 1. The summed E-state index contributed by atoms with van der Waals surface area (Å²) in [4.78, 5) is 12.1. The zero-order valence-corrected chi connectivity index (χ0v) is 12.0. The maximum absolute atomic E-state index is 12.1. The van der Waals surface area contributed by atoms with E-state index in [2.05, 4.69) is 11.4 Å². The van der Waals surface area contributed by atoms with Crippen molar-refractivity contribution >= 4 is 5.91 Å². The van der Waals surface area contributed by atoms with Gasteiger partial charge in [-0.1, -0.05) is 29.3 Å². The zero-order valence-electron chi connectivity index (χ0n) is 12.0. The second-order valence-corrected chi connectivity index (χ2v) is 5.43. The highest BCUT2D eigenvalue weighted by Gasteiger charge is 2.09. The van der Waals surface area contributed by atoms with Crippen molar-refractivity contribution in [3.63, 3.8) is 0 Å². The van der Waals surface area contributed by atoms with E-state index in [9.17, 15) is 4.79 Å². The van der Waals surface area contributed by atoms with Crippen LogP contribution in [0.2, 0.25) is 0 Å². The molecule has 1 aromatic rings. The molecule has 0 spiro atoms. The van der Waals surface area contributed by atoms with E-state index >= 15 is 0 Å². The summed E-state index contributed by atoms with van der Waals surface area (Å²) in [5, 5.41) is 3.03. The lowest BCUT2D eigenvalue weighted by Crippen LogP contribution is -2.25. The number of carbonyl (C=O) groups is 1. The van der Waals surface area contributed by atoms with E-state index in [0.717, 1.165) is 29.7 Å². The minimum absolute atomic E-state index is 0.0533. The van der Waals surface area contributed by atoms with Crippen molar-refractivity contribution in [2.24, 2.45) is 0 Å². The molecular formula is C17H23NO. The molecule has 2 nitrogen and oxygen atoms in total. The predicted octanol–water partition coefficient (Wildman–Crippen LogP) is 3.92. The van der Waals surface area contributed by atoms with Crippen molar-refractivity contribution < 1.29 is 4.79 Å². The minimum atomic E-state index is 0.0533. The molecule has 2 rings (SSSR count). The number of nitrogens with one attached hydrogen (secondary N) is 1. The lowest BCUT2D eigenvalue weighted by Gasteiger charge is -2.13. The number of rotatable bonds is 4. The molecule has 0 bridgehead atoms. The first-order valence-electron chi connectivity index (χ1n) is 7.20. The molecule has 1 amide bonds. The Labute approximate surface area is 115 Å². The molecule has 0 unspecified atom stereocenters. The summed E-state index contributed by atoms with van der Waals surface area (Å²) in [5.74, 6) is 0.0533. The van der Waals surface area contributed by atoms with E-state index in [1.165, 1.54) is 31.3 Å². The summed E-state index contributed by atoms with van der Waals surface area (Å²) < 4.78 is 0. The fraction of sp³-hybridized carbons (Fsp3) is 0.471. The Morgan fingerprint density at radius 2 is 2.11 bits per heavy atom. The van der Waals surface area contributed by atoms with E-state index in [0.29, 0.717) is 0 Å². The minimum Gasteiger partial charge on any atom is -0.352 e. The van der Waals surface area contributed by atoms with Crippen LogP contribution in [0.3, 0.4) is 0 Å². The highest BCUT2D eigenvalue weighted by Crippen LogP contribution is 2.19. The van der Waals surface area contributed by atoms with Crippen molar-refractivity contribution in [1.82, 2.24) is 5.32 Å². The summed E-state index contributed by atoms with van der Waals surface area (Å²) >= 11 is 0. The van der Waals surface area contributed by atoms with Crippen LogP contribution in [0.25, 0.3) is 0 Å². The third-order valence-electron chi connectivity index (χ3n) is 3.75. The third-order valence-corrected chi connectivity index (χ3v) is 3.75. The van der Waals surface area contributed by atoms with Gasteiger partial charge in [-0.2, -0.15) is 0 Å². The molecule has 1 aromatic carbocycles. The van der Waals surface area contributed by atoms with Crippen LogP contribution in [-0.4, -0.2) is 12.5 Å². The standard InChI is InChI=1S/C17H23NO/c1-13-8-9-14(2)16(12-13)17(19)18-11-10-15-6-4-3-5-7-15/h6,8-9,12H,3-5,7,10-11H2,1-2H3,(H,18,19). The van der Waals surface area contributed by atoms with Crippen LogP contribution in [0, 0.1) is 13.8 Å². The second-order valence-electron chi connectivity index (χ2n) is 5.43. The average Bonchev–Trinajstić information content (AvgIpc) is 2.42. The maximum Gasteiger partial charge on any atom is 0.251 e. The second kappa shape index (κ2) is 6.55. The van der Waals surface area contributed by atoms with Crippen molar-refractivity contribution in [1.29, 1.82) is 0 Å². The van der Waals surface area contributed by atoms with E-state index in [4.69, 9.17) is 0 Å². The van der Waals surface area contributed by atoms with Gasteiger partial charge in [0.2, 0.25) is 0 Å². The van der Waals surface area contributed by atoms with Gasteiger partial charge >= 0.3 is 0 Å². The SMILES string of the molecule is Cc1ccc(C)c(C(=O)NCCC2=CCCCC2)c1. The van der Waals surface area contributed by atoms with Gasteiger partial charge in [-0.15, -0.1) is 0 Å². The summed E-state index contributed by atoms with van der Waals surface area (Å²) in [5.41, 5.74) is 4.48. The number of amides is 1. The highest BCUT2D eigenvalue weighted by atomic mass is 16.1. The monoisotopic (exact) mass is 257 g/mol. The number of hydrogen-bond acceptors (Lipinski definition) is 1. The lowest BCUT2D eigenvalue weighted by atomic mass is 9.97. The first-order chi connectivity index (χ1) is 9.16. The summed E-state index contributed by atoms with van der Waals surface area (Å²) in [6, 6.07) is 6.01. The normalized spacial score (nSPS) is 14.9. The number of carbonyl (C=O) groups excluding carboxylic acids is 1. The molecule has 0 aromatic heterocycles. The van der Waals surface area contributed by atoms with Gasteiger partial charge in [0, 0.05) is 12.1 Å². The predicted molar refractivity (Wildman–Crippen MR) is 79.4 cm³/mol. The van der Waals surface area contributed by atoms with Gasteiger partial charge in [0.15, 0.2) is 0 Å². The molecule has 102 valence electrons. The summed E-state index contributed by atoms with van der Waals surface area (Å²) in [6.45, 7) is 4.75.